The highest BCUT2D eigenvalue weighted by Gasteiger charge is 2.67. The van der Waals surface area contributed by atoms with Gasteiger partial charge in [-0.15, -0.1) is 0 Å². The molecule has 7 heteroatoms. The molecule has 0 aliphatic carbocycles. The zero-order chi connectivity index (χ0) is 9.62. The van der Waals surface area contributed by atoms with Crippen LogP contribution in [0.1, 0.15) is 13.8 Å². The Balaban J connectivity index is 2.66. The Kier molecular flexibility index (Phi) is 2.78. The van der Waals surface area contributed by atoms with Crippen molar-refractivity contribution >= 4 is 40.9 Å². The van der Waals surface area contributed by atoms with E-state index in [-0.39, 0.29) is 5.41 Å². The summed E-state index contributed by atoms with van der Waals surface area (Å²) in [6, 6.07) is 0. The molecule has 0 radical (unpaired) electrons. The van der Waals surface area contributed by atoms with Crippen LogP contribution in [-0.4, -0.2) is 28.7 Å². The molecule has 1 fully saturated rings. The van der Waals surface area contributed by atoms with E-state index in [0.717, 1.165) is 0 Å². The summed E-state index contributed by atoms with van der Waals surface area (Å²) in [5.74, 6) is 0. The third kappa shape index (κ3) is 1.77. The molecule has 4 nitrogen and oxygen atoms in total. The van der Waals surface area contributed by atoms with Gasteiger partial charge in [-0.2, -0.15) is 0 Å². The Morgan fingerprint density at radius 2 is 1.83 bits per heavy atom. The van der Waals surface area contributed by atoms with Crippen molar-refractivity contribution in [1.29, 1.82) is 0 Å². The van der Waals surface area contributed by atoms with Crippen molar-refractivity contribution in [2.45, 2.75) is 18.5 Å². The Hall–Kier alpha value is 1.02. The van der Waals surface area contributed by atoms with Crippen molar-refractivity contribution in [3.05, 3.63) is 0 Å². The van der Waals surface area contributed by atoms with Crippen LogP contribution in [0.4, 0.5) is 0 Å². The molecule has 0 aromatic heterocycles. The quantitative estimate of drug-likeness (QED) is 0.586. The van der Waals surface area contributed by atoms with Gasteiger partial charge in [-0.05, 0) is 15.9 Å². The second kappa shape index (κ2) is 3.01. The van der Waals surface area contributed by atoms with E-state index in [1.54, 1.807) is 0 Å². The summed E-state index contributed by atoms with van der Waals surface area (Å²) in [6.45, 7) is 3.75. The first-order valence-corrected chi connectivity index (χ1v) is 6.95. The average molecular weight is 322 g/mol. The van der Waals surface area contributed by atoms with E-state index in [9.17, 15) is 0 Å². The van der Waals surface area contributed by atoms with Gasteiger partial charge in [0, 0.05) is 10.7 Å². The minimum absolute atomic E-state index is 0.366. The molecule has 1 aliphatic heterocycles. The lowest BCUT2D eigenvalue weighted by atomic mass is 9.96. The second-order valence-corrected chi connectivity index (χ2v) is 6.42. The highest BCUT2D eigenvalue weighted by Crippen LogP contribution is 2.50. The van der Waals surface area contributed by atoms with Gasteiger partial charge in [0.25, 0.3) is 0 Å². The number of rotatable bonds is 2. The van der Waals surface area contributed by atoms with E-state index in [1.165, 1.54) is 0 Å². The standard InChI is InChI=1S/C5H10Br2O4Si/c1-4(2,3-6)5(7)10-12(8,9)11-5/h8-9H,3H2,1-2H3. The molecule has 0 aromatic rings. The fourth-order valence-corrected chi connectivity index (χ4v) is 4.11. The molecule has 0 aromatic carbocycles. The predicted octanol–water partition coefficient (Wildman–Crippen LogP) is 0.923. The lowest BCUT2D eigenvalue weighted by molar-refractivity contribution is -0.267. The van der Waals surface area contributed by atoms with Crippen molar-refractivity contribution < 1.29 is 18.4 Å². The Morgan fingerprint density at radius 3 is 2.08 bits per heavy atom. The van der Waals surface area contributed by atoms with E-state index < -0.39 is 13.7 Å². The zero-order valence-electron chi connectivity index (χ0n) is 6.67. The number of alkyl halides is 2. The van der Waals surface area contributed by atoms with Crippen LogP contribution >= 0.6 is 31.9 Å². The Bertz CT molecular complexity index is 188. The van der Waals surface area contributed by atoms with E-state index in [2.05, 4.69) is 31.9 Å². The van der Waals surface area contributed by atoms with Gasteiger partial charge in [0.2, 0.25) is 4.70 Å². The third-order valence-electron chi connectivity index (χ3n) is 1.67. The molecule has 1 heterocycles. The number of halogens is 2. The minimum Gasteiger partial charge on any atom is -0.367 e. The average Bonchev–Trinajstić information content (AvgIpc) is 1.83. The minimum atomic E-state index is -3.78. The van der Waals surface area contributed by atoms with Crippen LogP contribution in [-0.2, 0) is 8.85 Å². The van der Waals surface area contributed by atoms with E-state index >= 15 is 0 Å². The molecular formula is C5H10Br2O4Si. The monoisotopic (exact) mass is 320 g/mol. The van der Waals surface area contributed by atoms with E-state index in [4.69, 9.17) is 18.4 Å². The molecule has 0 unspecified atom stereocenters. The fourth-order valence-electron chi connectivity index (χ4n) is 0.706. The maximum absolute atomic E-state index is 8.91. The highest BCUT2D eigenvalue weighted by atomic mass is 79.9. The van der Waals surface area contributed by atoms with Gasteiger partial charge < -0.3 is 18.4 Å². The molecule has 12 heavy (non-hydrogen) atoms. The van der Waals surface area contributed by atoms with Crippen molar-refractivity contribution in [3.63, 3.8) is 0 Å². The molecule has 0 bridgehead atoms. The topological polar surface area (TPSA) is 58.9 Å². The van der Waals surface area contributed by atoms with Crippen LogP contribution in [0.3, 0.4) is 0 Å². The van der Waals surface area contributed by atoms with E-state index in [0.29, 0.717) is 5.33 Å². The number of hydrogen-bond acceptors (Lipinski definition) is 4. The van der Waals surface area contributed by atoms with Crippen LogP contribution in [0, 0.1) is 5.41 Å². The molecule has 0 saturated carbocycles. The molecule has 1 saturated heterocycles. The summed E-state index contributed by atoms with van der Waals surface area (Å²) in [7, 11) is -3.78. The second-order valence-electron chi connectivity index (χ2n) is 3.31. The summed E-state index contributed by atoms with van der Waals surface area (Å²) in [5, 5.41) is 0.621. The first-order valence-electron chi connectivity index (χ1n) is 3.32. The van der Waals surface area contributed by atoms with E-state index in [1.807, 2.05) is 13.8 Å². The molecule has 0 spiro atoms. The largest absolute Gasteiger partial charge is 0.679 e. The lowest BCUT2D eigenvalue weighted by Gasteiger charge is -2.51. The molecule has 72 valence electrons. The molecular weight excluding hydrogens is 312 g/mol. The summed E-state index contributed by atoms with van der Waals surface area (Å²) in [5.41, 5.74) is -0.366. The van der Waals surface area contributed by atoms with Gasteiger partial charge in [-0.25, -0.2) is 0 Å². The van der Waals surface area contributed by atoms with Gasteiger partial charge in [-0.1, -0.05) is 29.8 Å². The fraction of sp³-hybridized carbons (Fsp3) is 1.00. The van der Waals surface area contributed by atoms with Gasteiger partial charge in [0.15, 0.2) is 0 Å². The lowest BCUT2D eigenvalue weighted by Crippen LogP contribution is -2.70. The summed E-state index contributed by atoms with van der Waals surface area (Å²) in [6.07, 6.45) is 0. The summed E-state index contributed by atoms with van der Waals surface area (Å²) in [4.78, 5) is 17.8. The van der Waals surface area contributed by atoms with Crippen molar-refractivity contribution in [3.8, 4) is 0 Å². The Labute approximate surface area is 88.6 Å². The first-order chi connectivity index (χ1) is 5.22. The maximum Gasteiger partial charge on any atom is 0.679 e. The van der Waals surface area contributed by atoms with Crippen LogP contribution < -0.4 is 0 Å². The Morgan fingerprint density at radius 1 is 1.42 bits per heavy atom. The van der Waals surface area contributed by atoms with Crippen LogP contribution in [0.15, 0.2) is 0 Å². The normalized spacial score (nSPS) is 26.5. The summed E-state index contributed by atoms with van der Waals surface area (Å²) >= 11 is 6.45. The van der Waals surface area contributed by atoms with Gasteiger partial charge in [-0.3, -0.25) is 0 Å². The molecule has 2 N–H and O–H groups in total. The van der Waals surface area contributed by atoms with Crippen LogP contribution in [0.5, 0.6) is 0 Å². The molecule has 1 aliphatic rings. The highest BCUT2D eigenvalue weighted by molar-refractivity contribution is 9.10. The first kappa shape index (κ1) is 11.1. The summed E-state index contributed by atoms with van der Waals surface area (Å²) < 4.78 is 8.70. The van der Waals surface area contributed by atoms with Crippen molar-refractivity contribution in [2.24, 2.45) is 5.41 Å². The van der Waals surface area contributed by atoms with Crippen molar-refractivity contribution in [1.82, 2.24) is 0 Å². The van der Waals surface area contributed by atoms with Crippen LogP contribution in [0.25, 0.3) is 0 Å². The molecule has 0 amide bonds. The predicted molar refractivity (Wildman–Crippen MR) is 51.6 cm³/mol. The maximum atomic E-state index is 8.91. The molecule has 1 rings (SSSR count). The SMILES string of the molecule is CC(C)(CBr)C1(Br)O[Si](O)(O)O1. The number of hydrogen-bond donors (Lipinski definition) is 2. The van der Waals surface area contributed by atoms with Crippen molar-refractivity contribution in [2.75, 3.05) is 5.33 Å². The molecule has 0 atom stereocenters. The van der Waals surface area contributed by atoms with Gasteiger partial charge >= 0.3 is 9.05 Å². The van der Waals surface area contributed by atoms with Gasteiger partial charge in [0.1, 0.15) is 0 Å². The zero-order valence-corrected chi connectivity index (χ0v) is 10.8. The smallest absolute Gasteiger partial charge is 0.367 e. The third-order valence-corrected chi connectivity index (χ3v) is 6.17. The van der Waals surface area contributed by atoms with Crippen LogP contribution in [0.2, 0.25) is 0 Å². The van der Waals surface area contributed by atoms with Gasteiger partial charge in [0.05, 0.1) is 0 Å².